The summed E-state index contributed by atoms with van der Waals surface area (Å²) in [5.41, 5.74) is 0.946. The van der Waals surface area contributed by atoms with Crippen LogP contribution in [0.5, 0.6) is 0 Å². The molecule has 1 aromatic rings. The molecule has 0 saturated heterocycles. The van der Waals surface area contributed by atoms with E-state index in [-0.39, 0.29) is 5.75 Å². The predicted octanol–water partition coefficient (Wildman–Crippen LogP) is 0.427. The number of aryl methyl sites for hydroxylation is 1. The van der Waals surface area contributed by atoms with Gasteiger partial charge in [-0.3, -0.25) is 4.68 Å². The van der Waals surface area contributed by atoms with Crippen molar-refractivity contribution in [2.45, 2.75) is 26.4 Å². The van der Waals surface area contributed by atoms with Crippen molar-refractivity contribution in [2.75, 3.05) is 18.6 Å². The van der Waals surface area contributed by atoms with Gasteiger partial charge in [0.15, 0.2) is 0 Å². The lowest BCUT2D eigenvalue weighted by Gasteiger charge is -2.00. The summed E-state index contributed by atoms with van der Waals surface area (Å²) in [5, 5.41) is 7.52. The van der Waals surface area contributed by atoms with Gasteiger partial charge in [-0.25, -0.2) is 8.42 Å². The SMILES string of the molecule is CCCNCc1ccn(CCS(C)(=O)=O)n1. The second-order valence-electron chi connectivity index (χ2n) is 3.88. The third kappa shape index (κ3) is 5.27. The van der Waals surface area contributed by atoms with E-state index < -0.39 is 9.84 Å². The number of hydrogen-bond acceptors (Lipinski definition) is 4. The van der Waals surface area contributed by atoms with Crippen LogP contribution in [0.1, 0.15) is 19.0 Å². The minimum Gasteiger partial charge on any atom is -0.311 e. The second-order valence-corrected chi connectivity index (χ2v) is 6.14. The van der Waals surface area contributed by atoms with Gasteiger partial charge in [0.1, 0.15) is 9.84 Å². The average molecular weight is 245 g/mol. The molecule has 0 atom stereocenters. The van der Waals surface area contributed by atoms with Crippen molar-refractivity contribution >= 4 is 9.84 Å². The van der Waals surface area contributed by atoms with E-state index in [1.54, 1.807) is 4.68 Å². The Morgan fingerprint density at radius 1 is 1.50 bits per heavy atom. The molecule has 1 aromatic heterocycles. The molecule has 1 N–H and O–H groups in total. The van der Waals surface area contributed by atoms with Crippen LogP contribution >= 0.6 is 0 Å². The summed E-state index contributed by atoms with van der Waals surface area (Å²) in [6, 6.07) is 1.91. The standard InChI is InChI=1S/C10H19N3O2S/c1-3-5-11-9-10-4-6-13(12-10)7-8-16(2,14)15/h4,6,11H,3,5,7-9H2,1-2H3. The fraction of sp³-hybridized carbons (Fsp3) is 0.700. The molecule has 1 heterocycles. The Kier molecular flexibility index (Phi) is 4.95. The number of sulfone groups is 1. The van der Waals surface area contributed by atoms with E-state index in [0.717, 1.165) is 25.2 Å². The van der Waals surface area contributed by atoms with Gasteiger partial charge in [-0.1, -0.05) is 6.92 Å². The first kappa shape index (κ1) is 13.2. The van der Waals surface area contributed by atoms with Crippen LogP contribution in [0.3, 0.4) is 0 Å². The van der Waals surface area contributed by atoms with Crippen LogP contribution in [0.4, 0.5) is 0 Å². The van der Waals surface area contributed by atoms with Gasteiger partial charge in [-0.15, -0.1) is 0 Å². The Morgan fingerprint density at radius 3 is 2.88 bits per heavy atom. The Balaban J connectivity index is 2.39. The number of nitrogens with zero attached hydrogens (tertiary/aromatic N) is 2. The summed E-state index contributed by atoms with van der Waals surface area (Å²) < 4.78 is 23.6. The molecule has 0 saturated carbocycles. The zero-order valence-corrected chi connectivity index (χ0v) is 10.6. The normalized spacial score (nSPS) is 11.9. The summed E-state index contributed by atoms with van der Waals surface area (Å²) in [4.78, 5) is 0. The van der Waals surface area contributed by atoms with Gasteiger partial charge in [0, 0.05) is 19.0 Å². The maximum Gasteiger partial charge on any atom is 0.149 e. The Labute approximate surface area is 96.8 Å². The third-order valence-corrected chi connectivity index (χ3v) is 3.04. The summed E-state index contributed by atoms with van der Waals surface area (Å²) in [5.74, 6) is 0.135. The third-order valence-electron chi connectivity index (χ3n) is 2.12. The Hall–Kier alpha value is -0.880. The molecular weight excluding hydrogens is 226 g/mol. The van der Waals surface area contributed by atoms with Crippen molar-refractivity contribution in [3.63, 3.8) is 0 Å². The van der Waals surface area contributed by atoms with Gasteiger partial charge >= 0.3 is 0 Å². The predicted molar refractivity (Wildman–Crippen MR) is 63.9 cm³/mol. The quantitative estimate of drug-likeness (QED) is 0.707. The first-order valence-electron chi connectivity index (χ1n) is 5.42. The van der Waals surface area contributed by atoms with Crippen molar-refractivity contribution in [1.29, 1.82) is 0 Å². The molecule has 0 bridgehead atoms. The summed E-state index contributed by atoms with van der Waals surface area (Å²) >= 11 is 0. The molecule has 16 heavy (non-hydrogen) atoms. The molecule has 0 radical (unpaired) electrons. The lowest BCUT2D eigenvalue weighted by atomic mass is 10.4. The first-order valence-corrected chi connectivity index (χ1v) is 7.48. The molecule has 0 fully saturated rings. The molecule has 0 spiro atoms. The molecule has 0 aliphatic rings. The summed E-state index contributed by atoms with van der Waals surface area (Å²) in [7, 11) is -2.91. The zero-order chi connectivity index (χ0) is 12.0. The van der Waals surface area contributed by atoms with Crippen LogP contribution in [0.2, 0.25) is 0 Å². The van der Waals surface area contributed by atoms with Gasteiger partial charge in [0.2, 0.25) is 0 Å². The maximum absolute atomic E-state index is 11.0. The van der Waals surface area contributed by atoms with E-state index >= 15 is 0 Å². The molecular formula is C10H19N3O2S. The molecule has 0 aliphatic carbocycles. The summed E-state index contributed by atoms with van der Waals surface area (Å²) in [6.07, 6.45) is 4.14. The van der Waals surface area contributed by atoms with E-state index in [9.17, 15) is 8.42 Å². The van der Waals surface area contributed by atoms with Crippen LogP contribution in [0.25, 0.3) is 0 Å². The van der Waals surface area contributed by atoms with Crippen LogP contribution in [-0.4, -0.2) is 36.8 Å². The van der Waals surface area contributed by atoms with Gasteiger partial charge in [0.25, 0.3) is 0 Å². The molecule has 5 nitrogen and oxygen atoms in total. The Morgan fingerprint density at radius 2 is 2.25 bits per heavy atom. The van der Waals surface area contributed by atoms with Crippen molar-refractivity contribution in [2.24, 2.45) is 0 Å². The summed E-state index contributed by atoms with van der Waals surface area (Å²) in [6.45, 7) is 4.24. The Bertz CT molecular complexity index is 411. The molecule has 1 rings (SSSR count). The minimum absolute atomic E-state index is 0.135. The van der Waals surface area contributed by atoms with E-state index in [0.29, 0.717) is 6.54 Å². The van der Waals surface area contributed by atoms with Crippen molar-refractivity contribution in [3.05, 3.63) is 18.0 Å². The average Bonchev–Trinajstić information content (AvgIpc) is 2.62. The fourth-order valence-corrected chi connectivity index (χ4v) is 1.79. The van der Waals surface area contributed by atoms with E-state index in [1.807, 2.05) is 12.3 Å². The smallest absolute Gasteiger partial charge is 0.149 e. The number of hydrogen-bond donors (Lipinski definition) is 1. The van der Waals surface area contributed by atoms with E-state index in [1.165, 1.54) is 6.26 Å². The van der Waals surface area contributed by atoms with Crippen molar-refractivity contribution in [3.8, 4) is 0 Å². The highest BCUT2D eigenvalue weighted by atomic mass is 32.2. The van der Waals surface area contributed by atoms with Gasteiger partial charge in [0.05, 0.1) is 18.0 Å². The van der Waals surface area contributed by atoms with Crippen LogP contribution in [-0.2, 0) is 22.9 Å². The van der Waals surface area contributed by atoms with Gasteiger partial charge < -0.3 is 5.32 Å². The van der Waals surface area contributed by atoms with Crippen molar-refractivity contribution in [1.82, 2.24) is 15.1 Å². The van der Waals surface area contributed by atoms with E-state index in [4.69, 9.17) is 0 Å². The molecule has 0 aliphatic heterocycles. The van der Waals surface area contributed by atoms with E-state index in [2.05, 4.69) is 17.3 Å². The van der Waals surface area contributed by atoms with Crippen LogP contribution < -0.4 is 5.32 Å². The highest BCUT2D eigenvalue weighted by Gasteiger charge is 2.04. The van der Waals surface area contributed by atoms with Gasteiger partial charge in [-0.05, 0) is 19.0 Å². The molecule has 6 heteroatoms. The fourth-order valence-electron chi connectivity index (χ4n) is 1.28. The highest BCUT2D eigenvalue weighted by Crippen LogP contribution is 1.96. The molecule has 92 valence electrons. The van der Waals surface area contributed by atoms with Crippen LogP contribution in [0, 0.1) is 0 Å². The number of aromatic nitrogens is 2. The van der Waals surface area contributed by atoms with Crippen molar-refractivity contribution < 1.29 is 8.42 Å². The molecule has 0 unspecified atom stereocenters. The maximum atomic E-state index is 11.0. The minimum atomic E-state index is -2.91. The largest absolute Gasteiger partial charge is 0.311 e. The molecule has 0 aromatic carbocycles. The lowest BCUT2D eigenvalue weighted by molar-refractivity contribution is 0.580. The first-order chi connectivity index (χ1) is 7.51. The second kappa shape index (κ2) is 6.00. The monoisotopic (exact) mass is 245 g/mol. The van der Waals surface area contributed by atoms with Crippen LogP contribution in [0.15, 0.2) is 12.3 Å². The lowest BCUT2D eigenvalue weighted by Crippen LogP contribution is -2.15. The van der Waals surface area contributed by atoms with Gasteiger partial charge in [-0.2, -0.15) is 5.10 Å². The number of rotatable bonds is 7. The number of nitrogens with one attached hydrogen (secondary N) is 1. The molecule has 0 amide bonds. The topological polar surface area (TPSA) is 64.0 Å². The highest BCUT2D eigenvalue weighted by molar-refractivity contribution is 7.90. The zero-order valence-electron chi connectivity index (χ0n) is 9.81.